The lowest BCUT2D eigenvalue weighted by Gasteiger charge is -2.08. The largest absolute Gasteiger partial charge is 0.457 e. The highest BCUT2D eigenvalue weighted by Crippen LogP contribution is 2.20. The quantitative estimate of drug-likeness (QED) is 0.661. The summed E-state index contributed by atoms with van der Waals surface area (Å²) in [5, 5.41) is 0.429. The Morgan fingerprint density at radius 1 is 1.30 bits per heavy atom. The van der Waals surface area contributed by atoms with Gasteiger partial charge >= 0.3 is 5.97 Å². The van der Waals surface area contributed by atoms with Gasteiger partial charge in [-0.05, 0) is 30.3 Å². The number of benzene rings is 2. The van der Waals surface area contributed by atoms with Crippen LogP contribution in [0.3, 0.4) is 0 Å². The summed E-state index contributed by atoms with van der Waals surface area (Å²) < 4.78 is 19.2. The molecular weight excluding hydrogens is 349 g/mol. The van der Waals surface area contributed by atoms with Gasteiger partial charge in [0.05, 0.1) is 5.56 Å². The number of esters is 1. The van der Waals surface area contributed by atoms with E-state index in [1.807, 2.05) is 0 Å². The van der Waals surface area contributed by atoms with E-state index in [0.717, 1.165) is 0 Å². The molecule has 0 heterocycles. The molecule has 3 nitrogen and oxygen atoms in total. The third kappa shape index (κ3) is 3.49. The van der Waals surface area contributed by atoms with E-state index in [1.54, 1.807) is 6.07 Å². The summed E-state index contributed by atoms with van der Waals surface area (Å²) in [7, 11) is 0. The van der Waals surface area contributed by atoms with Crippen molar-refractivity contribution in [2.24, 2.45) is 0 Å². The second-order valence-corrected chi connectivity index (χ2v) is 5.40. The van der Waals surface area contributed by atoms with Crippen LogP contribution in [0, 0.1) is 5.82 Å². The van der Waals surface area contributed by atoms with E-state index in [-0.39, 0.29) is 23.4 Å². The van der Waals surface area contributed by atoms with Gasteiger partial charge in [0.1, 0.15) is 12.4 Å². The van der Waals surface area contributed by atoms with Crippen molar-refractivity contribution < 1.29 is 13.9 Å². The Hall–Kier alpha value is -1.59. The summed E-state index contributed by atoms with van der Waals surface area (Å²) in [4.78, 5) is 11.9. The lowest BCUT2D eigenvalue weighted by atomic mass is 10.2. The Balaban J connectivity index is 2.08. The molecule has 0 radical (unpaired) electrons. The summed E-state index contributed by atoms with van der Waals surface area (Å²) in [6.45, 7) is -0.167. The van der Waals surface area contributed by atoms with Crippen molar-refractivity contribution >= 4 is 39.2 Å². The minimum Gasteiger partial charge on any atom is -0.457 e. The maximum absolute atomic E-state index is 13.6. The first-order valence-corrected chi connectivity index (χ1v) is 6.80. The maximum Gasteiger partial charge on any atom is 0.340 e. The van der Waals surface area contributed by atoms with Gasteiger partial charge in [0.2, 0.25) is 0 Å². The fourth-order valence-electron chi connectivity index (χ4n) is 1.58. The van der Waals surface area contributed by atoms with Gasteiger partial charge in [0, 0.05) is 20.7 Å². The molecule has 0 aliphatic carbocycles. The highest BCUT2D eigenvalue weighted by atomic mass is 79.9. The Bertz CT molecular complexity index is 664. The van der Waals surface area contributed by atoms with Crippen LogP contribution in [0.4, 0.5) is 10.1 Å². The van der Waals surface area contributed by atoms with Gasteiger partial charge in [-0.1, -0.05) is 33.6 Å². The minimum atomic E-state index is -0.624. The molecule has 0 spiro atoms. The van der Waals surface area contributed by atoms with Crippen molar-refractivity contribution in [3.05, 3.63) is 62.8 Å². The Morgan fingerprint density at radius 3 is 2.70 bits per heavy atom. The molecule has 2 rings (SSSR count). The lowest BCUT2D eigenvalue weighted by molar-refractivity contribution is 0.0470. The van der Waals surface area contributed by atoms with Crippen LogP contribution in [0.15, 0.2) is 40.9 Å². The van der Waals surface area contributed by atoms with Crippen molar-refractivity contribution in [2.75, 3.05) is 5.73 Å². The van der Waals surface area contributed by atoms with Crippen LogP contribution in [0.1, 0.15) is 15.9 Å². The number of nitrogens with two attached hydrogens (primary N) is 1. The smallest absolute Gasteiger partial charge is 0.340 e. The molecule has 0 atom stereocenters. The topological polar surface area (TPSA) is 52.3 Å². The van der Waals surface area contributed by atoms with Gasteiger partial charge < -0.3 is 10.5 Å². The van der Waals surface area contributed by atoms with E-state index in [1.165, 1.54) is 30.3 Å². The summed E-state index contributed by atoms with van der Waals surface area (Å²) in [6, 6.07) is 8.98. The van der Waals surface area contributed by atoms with Crippen LogP contribution >= 0.6 is 27.5 Å². The van der Waals surface area contributed by atoms with Gasteiger partial charge in [-0.25, -0.2) is 9.18 Å². The summed E-state index contributed by atoms with van der Waals surface area (Å²) >= 11 is 8.90. The zero-order valence-corrected chi connectivity index (χ0v) is 12.5. The van der Waals surface area contributed by atoms with Gasteiger partial charge in [-0.2, -0.15) is 0 Å². The van der Waals surface area contributed by atoms with Crippen molar-refractivity contribution in [3.8, 4) is 0 Å². The van der Waals surface area contributed by atoms with E-state index < -0.39 is 11.8 Å². The standard InChI is InChI=1S/C14H10BrClFNO2/c15-9-2-1-8(12(17)5-9)7-20-14(19)11-4-3-10(16)6-13(11)18/h1-6H,7,18H2. The number of rotatable bonds is 3. The van der Waals surface area contributed by atoms with Crippen molar-refractivity contribution in [1.82, 2.24) is 0 Å². The predicted molar refractivity (Wildman–Crippen MR) is 79.1 cm³/mol. The molecule has 2 aromatic carbocycles. The predicted octanol–water partition coefficient (Wildman–Crippen LogP) is 4.18. The summed E-state index contributed by atoms with van der Waals surface area (Å²) in [5.41, 5.74) is 6.38. The molecule has 2 N–H and O–H groups in total. The summed E-state index contributed by atoms with van der Waals surface area (Å²) in [5.74, 6) is -1.07. The molecule has 0 saturated carbocycles. The van der Waals surface area contributed by atoms with Gasteiger partial charge in [0.15, 0.2) is 0 Å². The lowest BCUT2D eigenvalue weighted by Crippen LogP contribution is -2.09. The zero-order chi connectivity index (χ0) is 14.7. The number of carbonyl (C=O) groups excluding carboxylic acids is 1. The first-order chi connectivity index (χ1) is 9.47. The number of halogens is 3. The molecule has 0 aliphatic heterocycles. The third-order valence-corrected chi connectivity index (χ3v) is 3.34. The molecule has 0 bridgehead atoms. The molecule has 0 unspecified atom stereocenters. The number of anilines is 1. The maximum atomic E-state index is 13.6. The normalized spacial score (nSPS) is 10.3. The van der Waals surface area contributed by atoms with Crippen molar-refractivity contribution in [2.45, 2.75) is 6.61 Å². The molecule has 0 fully saturated rings. The Kier molecular flexibility index (Phi) is 4.62. The monoisotopic (exact) mass is 357 g/mol. The van der Waals surface area contributed by atoms with Crippen molar-refractivity contribution in [3.63, 3.8) is 0 Å². The molecule has 0 aromatic heterocycles. The molecule has 20 heavy (non-hydrogen) atoms. The van der Waals surface area contributed by atoms with Crippen LogP contribution in [-0.2, 0) is 11.3 Å². The van der Waals surface area contributed by atoms with Crippen LogP contribution in [-0.4, -0.2) is 5.97 Å². The van der Waals surface area contributed by atoms with Crippen LogP contribution in [0.5, 0.6) is 0 Å². The number of ether oxygens (including phenoxy) is 1. The van der Waals surface area contributed by atoms with E-state index in [9.17, 15) is 9.18 Å². The second kappa shape index (κ2) is 6.24. The van der Waals surface area contributed by atoms with Crippen LogP contribution in [0.25, 0.3) is 0 Å². The molecule has 104 valence electrons. The fourth-order valence-corrected chi connectivity index (χ4v) is 2.09. The van der Waals surface area contributed by atoms with E-state index >= 15 is 0 Å². The number of hydrogen-bond acceptors (Lipinski definition) is 3. The van der Waals surface area contributed by atoms with Gasteiger partial charge in [-0.3, -0.25) is 0 Å². The van der Waals surface area contributed by atoms with E-state index in [4.69, 9.17) is 22.1 Å². The van der Waals surface area contributed by atoms with Gasteiger partial charge in [0.25, 0.3) is 0 Å². The SMILES string of the molecule is Nc1cc(Cl)ccc1C(=O)OCc1ccc(Br)cc1F. The third-order valence-electron chi connectivity index (χ3n) is 2.61. The van der Waals surface area contributed by atoms with Gasteiger partial charge in [-0.15, -0.1) is 0 Å². The first kappa shape index (κ1) is 14.8. The molecule has 0 amide bonds. The Labute approximate surface area is 128 Å². The van der Waals surface area contributed by atoms with E-state index in [0.29, 0.717) is 9.50 Å². The highest BCUT2D eigenvalue weighted by molar-refractivity contribution is 9.10. The average Bonchev–Trinajstić information content (AvgIpc) is 2.37. The average molecular weight is 359 g/mol. The van der Waals surface area contributed by atoms with Crippen LogP contribution in [0.2, 0.25) is 5.02 Å². The Morgan fingerprint density at radius 2 is 2.05 bits per heavy atom. The number of carbonyl (C=O) groups is 1. The number of hydrogen-bond donors (Lipinski definition) is 1. The molecule has 0 aliphatic rings. The fraction of sp³-hybridized carbons (Fsp3) is 0.0714. The van der Waals surface area contributed by atoms with Crippen LogP contribution < -0.4 is 5.73 Å². The molecular formula is C14H10BrClFNO2. The second-order valence-electron chi connectivity index (χ2n) is 4.04. The summed E-state index contributed by atoms with van der Waals surface area (Å²) in [6.07, 6.45) is 0. The molecule has 6 heteroatoms. The zero-order valence-electron chi connectivity index (χ0n) is 10.2. The highest BCUT2D eigenvalue weighted by Gasteiger charge is 2.13. The minimum absolute atomic E-state index is 0.167. The van der Waals surface area contributed by atoms with Crippen molar-refractivity contribution in [1.29, 1.82) is 0 Å². The first-order valence-electron chi connectivity index (χ1n) is 5.63. The van der Waals surface area contributed by atoms with E-state index in [2.05, 4.69) is 15.9 Å². The molecule has 2 aromatic rings. The number of nitrogen functional groups attached to an aromatic ring is 1. The molecule has 0 saturated heterocycles.